The summed E-state index contributed by atoms with van der Waals surface area (Å²) in [6.45, 7) is 5.67. The molecule has 0 aromatic rings. The fourth-order valence-corrected chi connectivity index (χ4v) is 5.40. The summed E-state index contributed by atoms with van der Waals surface area (Å²) in [6, 6.07) is 2.01. The number of methoxy groups -OCH3 is 1. The van der Waals surface area contributed by atoms with Crippen LogP contribution in [0.25, 0.3) is 0 Å². The number of hydrogen-bond acceptors (Lipinski definition) is 5. The molecular formula is C20H23NO4. The Labute approximate surface area is 147 Å². The molecule has 132 valence electrons. The van der Waals surface area contributed by atoms with Gasteiger partial charge in [-0.1, -0.05) is 26.8 Å². The summed E-state index contributed by atoms with van der Waals surface area (Å²) < 4.78 is 5.09. The van der Waals surface area contributed by atoms with Crippen molar-refractivity contribution >= 4 is 17.5 Å². The largest absolute Gasteiger partial charge is 0.468 e. The quantitative estimate of drug-likeness (QED) is 0.685. The van der Waals surface area contributed by atoms with E-state index in [1.54, 1.807) is 12.2 Å². The summed E-state index contributed by atoms with van der Waals surface area (Å²) in [5.74, 6) is -0.573. The summed E-state index contributed by atoms with van der Waals surface area (Å²) in [7, 11) is 1.37. The molecule has 0 aliphatic heterocycles. The SMILES string of the molecule is COC(=O)C12CCC(=O)C=C1C1(C)C=C(C#N)C(=O)C(C)(C)[C@@H]1CC2. The first-order chi connectivity index (χ1) is 11.6. The molecule has 3 aliphatic rings. The van der Waals surface area contributed by atoms with E-state index in [4.69, 9.17) is 4.74 Å². The zero-order chi connectivity index (χ0) is 18.6. The van der Waals surface area contributed by atoms with Crippen LogP contribution in [0.3, 0.4) is 0 Å². The van der Waals surface area contributed by atoms with Gasteiger partial charge < -0.3 is 4.74 Å². The van der Waals surface area contributed by atoms with Gasteiger partial charge in [-0.2, -0.15) is 5.26 Å². The smallest absolute Gasteiger partial charge is 0.315 e. The van der Waals surface area contributed by atoms with E-state index in [1.165, 1.54) is 7.11 Å². The van der Waals surface area contributed by atoms with Crippen LogP contribution in [0.2, 0.25) is 0 Å². The van der Waals surface area contributed by atoms with E-state index < -0.39 is 16.2 Å². The van der Waals surface area contributed by atoms with Crippen LogP contribution in [-0.4, -0.2) is 24.6 Å². The second kappa shape index (κ2) is 5.39. The lowest BCUT2D eigenvalue weighted by Gasteiger charge is -2.57. The van der Waals surface area contributed by atoms with Crippen LogP contribution in [0, 0.1) is 33.5 Å². The molecule has 2 unspecified atom stereocenters. The lowest BCUT2D eigenvalue weighted by atomic mass is 9.44. The van der Waals surface area contributed by atoms with Crippen molar-refractivity contribution in [1.29, 1.82) is 5.26 Å². The van der Waals surface area contributed by atoms with Crippen LogP contribution in [0.15, 0.2) is 23.3 Å². The van der Waals surface area contributed by atoms with Crippen LogP contribution in [-0.2, 0) is 19.1 Å². The van der Waals surface area contributed by atoms with Crippen molar-refractivity contribution in [2.45, 2.75) is 46.5 Å². The van der Waals surface area contributed by atoms with Crippen molar-refractivity contribution < 1.29 is 19.1 Å². The number of nitrogens with zero attached hydrogens (tertiary/aromatic N) is 1. The minimum absolute atomic E-state index is 0.0157. The Balaban J connectivity index is 2.28. The molecule has 1 saturated carbocycles. The van der Waals surface area contributed by atoms with Gasteiger partial charge in [-0.3, -0.25) is 14.4 Å². The summed E-state index contributed by atoms with van der Waals surface area (Å²) in [6.07, 6.45) is 5.24. The molecule has 0 aromatic heterocycles. The predicted octanol–water partition coefficient (Wildman–Crippen LogP) is 2.91. The zero-order valence-corrected chi connectivity index (χ0v) is 15.1. The number of nitriles is 1. The van der Waals surface area contributed by atoms with Gasteiger partial charge in [0, 0.05) is 17.3 Å². The minimum atomic E-state index is -0.832. The molecular weight excluding hydrogens is 318 g/mol. The number of allylic oxidation sites excluding steroid dienone is 3. The zero-order valence-electron chi connectivity index (χ0n) is 15.1. The number of ether oxygens (including phenoxy) is 1. The Bertz CT molecular complexity index is 782. The van der Waals surface area contributed by atoms with Crippen molar-refractivity contribution in [1.82, 2.24) is 0 Å². The number of Topliss-reactive ketones (excluding diaryl/α,β-unsaturated/α-hetero) is 1. The highest BCUT2D eigenvalue weighted by Crippen LogP contribution is 2.64. The monoisotopic (exact) mass is 341 g/mol. The number of carbonyl (C=O) groups is 3. The summed E-state index contributed by atoms with van der Waals surface area (Å²) in [5.41, 5.74) is -1.42. The fourth-order valence-electron chi connectivity index (χ4n) is 5.40. The molecule has 0 bridgehead atoms. The molecule has 1 fully saturated rings. The molecule has 0 radical (unpaired) electrons. The minimum Gasteiger partial charge on any atom is -0.468 e. The Morgan fingerprint density at radius 2 is 1.96 bits per heavy atom. The summed E-state index contributed by atoms with van der Waals surface area (Å²) in [4.78, 5) is 37.6. The van der Waals surface area contributed by atoms with Gasteiger partial charge in [0.05, 0.1) is 18.1 Å². The van der Waals surface area contributed by atoms with E-state index >= 15 is 0 Å². The van der Waals surface area contributed by atoms with Gasteiger partial charge in [0.25, 0.3) is 0 Å². The topological polar surface area (TPSA) is 84.2 Å². The van der Waals surface area contributed by atoms with E-state index in [-0.39, 0.29) is 29.0 Å². The predicted molar refractivity (Wildman–Crippen MR) is 90.1 cm³/mol. The van der Waals surface area contributed by atoms with Gasteiger partial charge in [0.2, 0.25) is 0 Å². The molecule has 0 aromatic carbocycles. The second-order valence-electron chi connectivity index (χ2n) is 8.19. The van der Waals surface area contributed by atoms with Crippen molar-refractivity contribution in [3.8, 4) is 6.07 Å². The van der Waals surface area contributed by atoms with Gasteiger partial charge >= 0.3 is 5.97 Å². The summed E-state index contributed by atoms with van der Waals surface area (Å²) in [5, 5.41) is 9.45. The molecule has 0 spiro atoms. The standard InChI is InChI=1S/C20H23NO4/c1-18(2)14-6-8-20(17(24)25-4)7-5-13(22)9-15(20)19(14,3)10-12(11-21)16(18)23/h9-10,14H,5-8H2,1-4H3/t14-,19?,20?/m0/s1. The van der Waals surface area contributed by atoms with Crippen molar-refractivity contribution in [2.24, 2.45) is 22.2 Å². The van der Waals surface area contributed by atoms with E-state index in [0.717, 1.165) is 0 Å². The lowest BCUT2D eigenvalue weighted by Crippen LogP contribution is -2.56. The van der Waals surface area contributed by atoms with Crippen LogP contribution >= 0.6 is 0 Å². The van der Waals surface area contributed by atoms with Gasteiger partial charge in [-0.25, -0.2) is 0 Å². The van der Waals surface area contributed by atoms with Gasteiger partial charge in [-0.15, -0.1) is 0 Å². The van der Waals surface area contributed by atoms with Crippen molar-refractivity contribution in [3.63, 3.8) is 0 Å². The van der Waals surface area contributed by atoms with Crippen molar-refractivity contribution in [2.75, 3.05) is 7.11 Å². The first-order valence-corrected chi connectivity index (χ1v) is 8.65. The first-order valence-electron chi connectivity index (χ1n) is 8.65. The maximum absolute atomic E-state index is 12.7. The first kappa shape index (κ1) is 17.6. The van der Waals surface area contributed by atoms with Crippen LogP contribution < -0.4 is 0 Å². The number of ketones is 2. The lowest BCUT2D eigenvalue weighted by molar-refractivity contribution is -0.156. The molecule has 3 aliphatic carbocycles. The van der Waals surface area contributed by atoms with E-state index in [2.05, 4.69) is 0 Å². The molecule has 0 saturated heterocycles. The molecule has 5 nitrogen and oxygen atoms in total. The van der Waals surface area contributed by atoms with Crippen LogP contribution in [0.1, 0.15) is 46.5 Å². The summed E-state index contributed by atoms with van der Waals surface area (Å²) >= 11 is 0. The Morgan fingerprint density at radius 1 is 1.28 bits per heavy atom. The highest BCUT2D eigenvalue weighted by Gasteiger charge is 2.62. The molecule has 3 atom stereocenters. The molecule has 5 heteroatoms. The van der Waals surface area contributed by atoms with E-state index in [9.17, 15) is 19.6 Å². The third-order valence-electron chi connectivity index (χ3n) is 6.62. The van der Waals surface area contributed by atoms with E-state index in [1.807, 2.05) is 26.8 Å². The Morgan fingerprint density at radius 3 is 2.56 bits per heavy atom. The average molecular weight is 341 g/mol. The Kier molecular flexibility index (Phi) is 3.79. The van der Waals surface area contributed by atoms with Gasteiger partial charge in [0.15, 0.2) is 11.6 Å². The van der Waals surface area contributed by atoms with Gasteiger partial charge in [0.1, 0.15) is 6.07 Å². The highest BCUT2D eigenvalue weighted by molar-refractivity contribution is 6.05. The van der Waals surface area contributed by atoms with Crippen LogP contribution in [0.5, 0.6) is 0 Å². The number of esters is 1. The number of carbonyl (C=O) groups excluding carboxylic acids is 3. The normalized spacial score (nSPS) is 36.4. The van der Waals surface area contributed by atoms with Gasteiger partial charge in [-0.05, 0) is 36.8 Å². The second-order valence-corrected chi connectivity index (χ2v) is 8.19. The maximum atomic E-state index is 12.7. The highest BCUT2D eigenvalue weighted by atomic mass is 16.5. The number of fused-ring (bicyclic) bond motifs is 3. The third kappa shape index (κ3) is 2.16. The number of rotatable bonds is 1. The molecule has 0 amide bonds. The fraction of sp³-hybridized carbons (Fsp3) is 0.600. The molecule has 0 heterocycles. The molecule has 0 N–H and O–H groups in total. The third-order valence-corrected chi connectivity index (χ3v) is 6.62. The maximum Gasteiger partial charge on any atom is 0.315 e. The average Bonchev–Trinajstić information content (AvgIpc) is 2.58. The number of hydrogen-bond donors (Lipinski definition) is 0. The molecule has 3 rings (SSSR count). The van der Waals surface area contributed by atoms with Crippen LogP contribution in [0.4, 0.5) is 0 Å². The van der Waals surface area contributed by atoms with E-state index in [0.29, 0.717) is 31.3 Å². The molecule has 25 heavy (non-hydrogen) atoms. The van der Waals surface area contributed by atoms with Crippen molar-refractivity contribution in [3.05, 3.63) is 23.3 Å². The Hall–Kier alpha value is -2.22.